The molecule has 5 nitrogen and oxygen atoms in total. The number of likely N-dealkylation sites (tertiary alicyclic amines) is 1. The van der Waals surface area contributed by atoms with Crippen LogP contribution in [0.2, 0.25) is 5.02 Å². The van der Waals surface area contributed by atoms with Crippen LogP contribution >= 0.6 is 11.6 Å². The Kier molecular flexibility index (Phi) is 6.38. The first-order valence-electron chi connectivity index (χ1n) is 10.2. The number of carbonyl (C=O) groups is 1. The molecule has 1 atom stereocenters. The molecule has 2 aromatic carbocycles. The van der Waals surface area contributed by atoms with Gasteiger partial charge in [0.2, 0.25) is 5.91 Å². The summed E-state index contributed by atoms with van der Waals surface area (Å²) < 4.78 is 11.4. The summed E-state index contributed by atoms with van der Waals surface area (Å²) >= 11 is 5.95. The number of methoxy groups -OCH3 is 1. The molecule has 1 saturated heterocycles. The Hall–Kier alpha value is -2.79. The summed E-state index contributed by atoms with van der Waals surface area (Å²) in [6.45, 7) is 1.40. The van der Waals surface area contributed by atoms with E-state index in [0.717, 1.165) is 47.0 Å². The average molecular weight is 425 g/mol. The molecule has 1 fully saturated rings. The van der Waals surface area contributed by atoms with E-state index in [2.05, 4.69) is 4.98 Å². The van der Waals surface area contributed by atoms with Crippen molar-refractivity contribution in [1.29, 1.82) is 0 Å². The van der Waals surface area contributed by atoms with Crippen molar-refractivity contribution in [2.45, 2.75) is 31.6 Å². The lowest BCUT2D eigenvalue weighted by molar-refractivity contribution is -0.131. The molecule has 0 saturated carbocycles. The molecule has 0 N–H and O–H groups in total. The highest BCUT2D eigenvalue weighted by molar-refractivity contribution is 6.30. The lowest BCUT2D eigenvalue weighted by atomic mass is 9.97. The van der Waals surface area contributed by atoms with Crippen molar-refractivity contribution in [3.8, 4) is 5.75 Å². The summed E-state index contributed by atoms with van der Waals surface area (Å²) in [4.78, 5) is 19.3. The topological polar surface area (TPSA) is 55.6 Å². The fourth-order valence-electron chi connectivity index (χ4n) is 3.93. The second-order valence-corrected chi connectivity index (χ2v) is 8.07. The molecule has 6 heteroatoms. The van der Waals surface area contributed by atoms with Gasteiger partial charge in [0.15, 0.2) is 5.89 Å². The first kappa shape index (κ1) is 20.5. The van der Waals surface area contributed by atoms with Gasteiger partial charge in [-0.15, -0.1) is 0 Å². The van der Waals surface area contributed by atoms with Crippen molar-refractivity contribution < 1.29 is 13.9 Å². The van der Waals surface area contributed by atoms with E-state index < -0.39 is 0 Å². The quantitative estimate of drug-likeness (QED) is 0.566. The Morgan fingerprint density at radius 1 is 1.23 bits per heavy atom. The zero-order chi connectivity index (χ0) is 20.9. The molecule has 30 heavy (non-hydrogen) atoms. The number of benzene rings is 2. The zero-order valence-electron chi connectivity index (χ0n) is 17.0. The molecule has 1 amide bonds. The summed E-state index contributed by atoms with van der Waals surface area (Å²) in [5.41, 5.74) is 2.04. The number of oxazole rings is 1. The Morgan fingerprint density at radius 2 is 2.03 bits per heavy atom. The van der Waals surface area contributed by atoms with Gasteiger partial charge in [0, 0.05) is 30.1 Å². The summed E-state index contributed by atoms with van der Waals surface area (Å²) in [5.74, 6) is 2.52. The van der Waals surface area contributed by atoms with Crippen LogP contribution in [-0.4, -0.2) is 36.0 Å². The van der Waals surface area contributed by atoms with Crippen LogP contribution in [-0.2, 0) is 17.6 Å². The number of hydrogen-bond acceptors (Lipinski definition) is 4. The molecule has 0 aliphatic carbocycles. The van der Waals surface area contributed by atoms with Crippen LogP contribution in [0.5, 0.6) is 5.75 Å². The number of hydrogen-bond donors (Lipinski definition) is 0. The molecule has 0 spiro atoms. The van der Waals surface area contributed by atoms with Crippen LogP contribution < -0.4 is 4.74 Å². The molecule has 1 aliphatic heterocycles. The highest BCUT2D eigenvalue weighted by Gasteiger charge is 2.28. The van der Waals surface area contributed by atoms with Crippen molar-refractivity contribution >= 4 is 17.5 Å². The van der Waals surface area contributed by atoms with Crippen LogP contribution in [0.1, 0.15) is 41.5 Å². The monoisotopic (exact) mass is 424 g/mol. The molecule has 1 aromatic heterocycles. The maximum Gasteiger partial charge on any atom is 0.227 e. The highest BCUT2D eigenvalue weighted by atomic mass is 35.5. The third-order valence-corrected chi connectivity index (χ3v) is 5.77. The van der Waals surface area contributed by atoms with E-state index in [9.17, 15) is 4.79 Å². The number of halogens is 1. The van der Waals surface area contributed by atoms with E-state index in [-0.39, 0.29) is 11.8 Å². The van der Waals surface area contributed by atoms with Crippen LogP contribution in [0.15, 0.2) is 59.1 Å². The Bertz CT molecular complexity index is 1000. The number of aromatic nitrogens is 1. The van der Waals surface area contributed by atoms with Gasteiger partial charge in [-0.1, -0.05) is 41.9 Å². The van der Waals surface area contributed by atoms with E-state index in [1.807, 2.05) is 53.4 Å². The van der Waals surface area contributed by atoms with Crippen molar-refractivity contribution in [3.63, 3.8) is 0 Å². The largest absolute Gasteiger partial charge is 0.496 e. The maximum absolute atomic E-state index is 12.9. The number of para-hydroxylation sites is 1. The smallest absolute Gasteiger partial charge is 0.227 e. The fourth-order valence-corrected chi connectivity index (χ4v) is 4.05. The normalized spacial score (nSPS) is 16.5. The first-order chi connectivity index (χ1) is 14.6. The van der Waals surface area contributed by atoms with Gasteiger partial charge in [-0.2, -0.15) is 0 Å². The Morgan fingerprint density at radius 3 is 2.83 bits per heavy atom. The second kappa shape index (κ2) is 9.35. The van der Waals surface area contributed by atoms with E-state index in [1.54, 1.807) is 13.3 Å². The number of nitrogens with zero attached hydrogens (tertiary/aromatic N) is 2. The van der Waals surface area contributed by atoms with Crippen molar-refractivity contribution in [3.05, 3.63) is 82.5 Å². The van der Waals surface area contributed by atoms with Crippen LogP contribution in [0.4, 0.5) is 0 Å². The van der Waals surface area contributed by atoms with Gasteiger partial charge in [-0.25, -0.2) is 4.98 Å². The van der Waals surface area contributed by atoms with E-state index in [4.69, 9.17) is 20.8 Å². The third kappa shape index (κ3) is 4.85. The molecular weight excluding hydrogens is 400 g/mol. The van der Waals surface area contributed by atoms with Gasteiger partial charge in [-0.05, 0) is 36.6 Å². The minimum atomic E-state index is 0.108. The van der Waals surface area contributed by atoms with Gasteiger partial charge in [0.05, 0.1) is 25.6 Å². The predicted octanol–water partition coefficient (Wildman–Crippen LogP) is 4.88. The number of ether oxygens (including phenoxy) is 1. The second-order valence-electron chi connectivity index (χ2n) is 7.64. The predicted molar refractivity (Wildman–Crippen MR) is 116 cm³/mol. The summed E-state index contributed by atoms with van der Waals surface area (Å²) in [6, 6.07) is 15.4. The fraction of sp³-hybridized carbons (Fsp3) is 0.333. The molecule has 2 heterocycles. The van der Waals surface area contributed by atoms with Crippen LogP contribution in [0.3, 0.4) is 0 Å². The van der Waals surface area contributed by atoms with Crippen molar-refractivity contribution in [2.75, 3.05) is 20.2 Å². The number of piperidine rings is 1. The highest BCUT2D eigenvalue weighted by Crippen LogP contribution is 2.28. The molecule has 3 aromatic rings. The Balaban J connectivity index is 1.39. The van der Waals surface area contributed by atoms with E-state index >= 15 is 0 Å². The van der Waals surface area contributed by atoms with Gasteiger partial charge in [0.1, 0.15) is 11.5 Å². The van der Waals surface area contributed by atoms with Gasteiger partial charge in [0.25, 0.3) is 0 Å². The molecule has 0 bridgehead atoms. The molecule has 0 unspecified atom stereocenters. The number of rotatable bonds is 6. The van der Waals surface area contributed by atoms with Gasteiger partial charge in [-0.3, -0.25) is 4.79 Å². The molecule has 0 radical (unpaired) electrons. The summed E-state index contributed by atoms with van der Waals surface area (Å²) in [6.07, 6.45) is 4.72. The van der Waals surface area contributed by atoms with Gasteiger partial charge < -0.3 is 14.1 Å². The Labute approximate surface area is 181 Å². The average Bonchev–Trinajstić information content (AvgIpc) is 3.24. The van der Waals surface area contributed by atoms with Crippen LogP contribution in [0.25, 0.3) is 0 Å². The van der Waals surface area contributed by atoms with E-state index in [1.165, 1.54) is 0 Å². The van der Waals surface area contributed by atoms with Crippen molar-refractivity contribution in [2.24, 2.45) is 0 Å². The molecular formula is C24H25ClN2O3. The van der Waals surface area contributed by atoms with Crippen molar-refractivity contribution in [1.82, 2.24) is 9.88 Å². The maximum atomic E-state index is 12.9. The first-order valence-corrected chi connectivity index (χ1v) is 10.6. The van der Waals surface area contributed by atoms with E-state index in [0.29, 0.717) is 25.3 Å². The summed E-state index contributed by atoms with van der Waals surface area (Å²) in [5, 5.41) is 0.720. The molecule has 4 rings (SSSR count). The summed E-state index contributed by atoms with van der Waals surface area (Å²) in [7, 11) is 1.63. The lowest BCUT2D eigenvalue weighted by Gasteiger charge is -2.31. The minimum absolute atomic E-state index is 0.108. The zero-order valence-corrected chi connectivity index (χ0v) is 17.8. The minimum Gasteiger partial charge on any atom is -0.496 e. The number of amides is 1. The van der Waals surface area contributed by atoms with Crippen LogP contribution in [0, 0.1) is 0 Å². The number of carbonyl (C=O) groups excluding carboxylic acids is 1. The SMILES string of the molecule is COc1ccccc1CC(=O)N1CCC[C@H](c2ncc(Cc3ccc(Cl)cc3)o2)C1. The third-order valence-electron chi connectivity index (χ3n) is 5.52. The lowest BCUT2D eigenvalue weighted by Crippen LogP contribution is -2.40. The molecule has 156 valence electrons. The standard InChI is InChI=1S/C24H25ClN2O3/c1-29-22-7-3-2-5-18(22)14-23(28)27-12-4-6-19(16-27)24-26-15-21(30-24)13-17-8-10-20(25)11-9-17/h2-3,5,7-11,15,19H,4,6,12-14,16H2,1H3/t19-/m0/s1. The van der Waals surface area contributed by atoms with Gasteiger partial charge >= 0.3 is 0 Å². The molecule has 1 aliphatic rings.